The molecule has 0 saturated heterocycles. The van der Waals surface area contributed by atoms with Crippen LogP contribution in [0, 0.1) is 12.1 Å². The van der Waals surface area contributed by atoms with Crippen molar-refractivity contribution in [2.24, 2.45) is 5.92 Å². The Bertz CT molecular complexity index is 151. The summed E-state index contributed by atoms with van der Waals surface area (Å²) in [7, 11) is 0. The summed E-state index contributed by atoms with van der Waals surface area (Å²) in [5.74, 6) is 0.716. The summed E-state index contributed by atoms with van der Waals surface area (Å²) in [6, 6.07) is 3.94. The normalized spacial score (nSPS) is 10.6. The highest BCUT2D eigenvalue weighted by atomic mass is 14.9. The van der Waals surface area contributed by atoms with Gasteiger partial charge in [0.15, 0.2) is 0 Å². The molecule has 0 saturated carbocycles. The summed E-state index contributed by atoms with van der Waals surface area (Å²) in [5.41, 5.74) is 0. The van der Waals surface area contributed by atoms with Crippen molar-refractivity contribution < 1.29 is 0 Å². The van der Waals surface area contributed by atoms with Crippen LogP contribution in [0.2, 0.25) is 0 Å². The second-order valence-corrected chi connectivity index (χ2v) is 2.68. The van der Waals surface area contributed by atoms with Crippen LogP contribution in [0.15, 0.2) is 18.3 Å². The molecular weight excluding hydrogens is 110 g/mol. The van der Waals surface area contributed by atoms with Crippen molar-refractivity contribution in [2.45, 2.75) is 20.4 Å². The number of hydrogen-bond acceptors (Lipinski definition) is 0. The average Bonchev–Trinajstić information content (AvgIpc) is 2.15. The molecule has 1 aromatic rings. The molecule has 1 heteroatoms. The molecule has 0 aliphatic carbocycles. The van der Waals surface area contributed by atoms with Crippen molar-refractivity contribution in [3.05, 3.63) is 24.5 Å². The summed E-state index contributed by atoms with van der Waals surface area (Å²) in [6.07, 6.45) is 5.13. The van der Waals surface area contributed by atoms with E-state index < -0.39 is 0 Å². The third kappa shape index (κ3) is 1.92. The van der Waals surface area contributed by atoms with E-state index in [9.17, 15) is 0 Å². The smallest absolute Gasteiger partial charge is 0.0647 e. The first-order valence-corrected chi connectivity index (χ1v) is 3.32. The Morgan fingerprint density at radius 2 is 2.33 bits per heavy atom. The topological polar surface area (TPSA) is 4.93 Å². The Kier molecular flexibility index (Phi) is 1.93. The second kappa shape index (κ2) is 2.72. The van der Waals surface area contributed by atoms with Crippen LogP contribution in [0.1, 0.15) is 13.8 Å². The number of hydrogen-bond donors (Lipinski definition) is 0. The molecule has 0 aliphatic rings. The second-order valence-electron chi connectivity index (χ2n) is 2.68. The lowest BCUT2D eigenvalue weighted by molar-refractivity contribution is 0.523. The minimum Gasteiger partial charge on any atom is -0.346 e. The van der Waals surface area contributed by atoms with E-state index >= 15 is 0 Å². The summed E-state index contributed by atoms with van der Waals surface area (Å²) in [5, 5.41) is 0. The van der Waals surface area contributed by atoms with Crippen molar-refractivity contribution in [2.75, 3.05) is 0 Å². The molecular formula is C8H12N. The quantitative estimate of drug-likeness (QED) is 0.565. The zero-order chi connectivity index (χ0) is 6.69. The largest absolute Gasteiger partial charge is 0.346 e. The maximum absolute atomic E-state index is 3.09. The molecule has 1 aromatic heterocycles. The van der Waals surface area contributed by atoms with E-state index in [1.165, 1.54) is 0 Å². The third-order valence-electron chi connectivity index (χ3n) is 1.16. The third-order valence-corrected chi connectivity index (χ3v) is 1.16. The van der Waals surface area contributed by atoms with Crippen LogP contribution in [-0.2, 0) is 6.54 Å². The van der Waals surface area contributed by atoms with Gasteiger partial charge in [-0.1, -0.05) is 13.8 Å². The summed E-state index contributed by atoms with van der Waals surface area (Å²) in [4.78, 5) is 0. The van der Waals surface area contributed by atoms with E-state index in [0.717, 1.165) is 6.54 Å². The molecule has 0 unspecified atom stereocenters. The average molecular weight is 122 g/mol. The van der Waals surface area contributed by atoms with Crippen molar-refractivity contribution >= 4 is 0 Å². The standard InChI is InChI=1S/C8H12N/c1-8(2)7-9-5-3-4-6-9/h3-5,8H,7H2,1-2H3. The Morgan fingerprint density at radius 3 is 2.78 bits per heavy atom. The van der Waals surface area contributed by atoms with Gasteiger partial charge in [0.1, 0.15) is 0 Å². The fraction of sp³-hybridized carbons (Fsp3) is 0.500. The molecule has 0 amide bonds. The minimum atomic E-state index is 0.716. The Morgan fingerprint density at radius 1 is 1.56 bits per heavy atom. The predicted molar refractivity (Wildman–Crippen MR) is 38.1 cm³/mol. The molecule has 0 aromatic carbocycles. The van der Waals surface area contributed by atoms with Gasteiger partial charge in [0.25, 0.3) is 0 Å². The van der Waals surface area contributed by atoms with Crippen LogP contribution >= 0.6 is 0 Å². The zero-order valence-electron chi connectivity index (χ0n) is 5.96. The van der Waals surface area contributed by atoms with Gasteiger partial charge >= 0.3 is 0 Å². The molecule has 0 bridgehead atoms. The van der Waals surface area contributed by atoms with E-state index in [2.05, 4.69) is 24.6 Å². The van der Waals surface area contributed by atoms with E-state index in [-0.39, 0.29) is 0 Å². The summed E-state index contributed by atoms with van der Waals surface area (Å²) < 4.78 is 2.07. The SMILES string of the molecule is CC(C)Cn1[c]ccc1. The van der Waals surface area contributed by atoms with Crippen molar-refractivity contribution in [1.82, 2.24) is 4.57 Å². The van der Waals surface area contributed by atoms with E-state index in [0.29, 0.717) is 5.92 Å². The van der Waals surface area contributed by atoms with Crippen LogP contribution in [0.25, 0.3) is 0 Å². The molecule has 0 N–H and O–H groups in total. The Hall–Kier alpha value is -0.720. The first kappa shape index (κ1) is 6.40. The summed E-state index contributed by atoms with van der Waals surface area (Å²) in [6.45, 7) is 5.48. The molecule has 0 spiro atoms. The molecule has 0 aliphatic heterocycles. The van der Waals surface area contributed by atoms with Gasteiger partial charge in [0.05, 0.1) is 6.20 Å². The van der Waals surface area contributed by atoms with Crippen LogP contribution in [0.5, 0.6) is 0 Å². The maximum Gasteiger partial charge on any atom is 0.0647 e. The van der Waals surface area contributed by atoms with Crippen LogP contribution in [0.3, 0.4) is 0 Å². The first-order chi connectivity index (χ1) is 4.29. The van der Waals surface area contributed by atoms with Gasteiger partial charge in [-0.15, -0.1) is 0 Å². The lowest BCUT2D eigenvalue weighted by atomic mass is 10.2. The summed E-state index contributed by atoms with van der Waals surface area (Å²) >= 11 is 0. The van der Waals surface area contributed by atoms with Gasteiger partial charge in [0, 0.05) is 12.7 Å². The van der Waals surface area contributed by atoms with Crippen LogP contribution in [0.4, 0.5) is 0 Å². The van der Waals surface area contributed by atoms with Gasteiger partial charge in [-0.25, -0.2) is 0 Å². The Balaban J connectivity index is 2.48. The molecule has 1 radical (unpaired) electrons. The van der Waals surface area contributed by atoms with Gasteiger partial charge in [-0.2, -0.15) is 0 Å². The number of nitrogens with zero attached hydrogens (tertiary/aromatic N) is 1. The van der Waals surface area contributed by atoms with Crippen molar-refractivity contribution in [1.29, 1.82) is 0 Å². The van der Waals surface area contributed by atoms with Crippen LogP contribution in [-0.4, -0.2) is 4.57 Å². The van der Waals surface area contributed by atoms with E-state index in [1.54, 1.807) is 0 Å². The molecule has 1 nitrogen and oxygen atoms in total. The van der Waals surface area contributed by atoms with Gasteiger partial charge in [-0.3, -0.25) is 0 Å². The molecule has 0 fully saturated rings. The van der Waals surface area contributed by atoms with E-state index in [4.69, 9.17) is 0 Å². The first-order valence-electron chi connectivity index (χ1n) is 3.32. The van der Waals surface area contributed by atoms with Crippen LogP contribution < -0.4 is 0 Å². The van der Waals surface area contributed by atoms with Gasteiger partial charge in [-0.05, 0) is 18.1 Å². The molecule has 1 rings (SSSR count). The molecule has 49 valence electrons. The lowest BCUT2D eigenvalue weighted by Gasteiger charge is -2.03. The van der Waals surface area contributed by atoms with E-state index in [1.807, 2.05) is 18.3 Å². The highest BCUT2D eigenvalue weighted by Gasteiger charge is 1.92. The minimum absolute atomic E-state index is 0.716. The predicted octanol–water partition coefficient (Wildman–Crippen LogP) is 1.94. The molecule has 1 heterocycles. The highest BCUT2D eigenvalue weighted by Crippen LogP contribution is 1.97. The molecule has 0 atom stereocenters. The lowest BCUT2D eigenvalue weighted by Crippen LogP contribution is -2.00. The zero-order valence-corrected chi connectivity index (χ0v) is 5.96. The van der Waals surface area contributed by atoms with Gasteiger partial charge in [0.2, 0.25) is 0 Å². The Labute approximate surface area is 56.3 Å². The number of aromatic nitrogens is 1. The van der Waals surface area contributed by atoms with Crippen molar-refractivity contribution in [3.8, 4) is 0 Å². The fourth-order valence-electron chi connectivity index (χ4n) is 0.836. The monoisotopic (exact) mass is 122 g/mol. The number of rotatable bonds is 2. The van der Waals surface area contributed by atoms with Gasteiger partial charge < -0.3 is 4.57 Å². The van der Waals surface area contributed by atoms with Crippen molar-refractivity contribution in [3.63, 3.8) is 0 Å². The fourth-order valence-corrected chi connectivity index (χ4v) is 0.836. The highest BCUT2D eigenvalue weighted by molar-refractivity contribution is 4.88. The maximum atomic E-state index is 3.09. The molecule has 9 heavy (non-hydrogen) atoms.